The molecule has 0 unspecified atom stereocenters. The summed E-state index contributed by atoms with van der Waals surface area (Å²) in [5, 5.41) is 3.27. The van der Waals surface area contributed by atoms with Crippen molar-refractivity contribution in [1.82, 2.24) is 5.32 Å². The van der Waals surface area contributed by atoms with E-state index in [1.54, 1.807) is 0 Å². The van der Waals surface area contributed by atoms with Gasteiger partial charge in [-0.25, -0.2) is 4.39 Å². The summed E-state index contributed by atoms with van der Waals surface area (Å²) in [6.45, 7) is 2.01. The SMILES string of the molecule is Fc1ccc(CCC2=CCNC2)cc1. The van der Waals surface area contributed by atoms with Crippen molar-refractivity contribution in [2.75, 3.05) is 13.1 Å². The number of aryl methyl sites for hydroxylation is 1. The molecule has 0 spiro atoms. The maximum absolute atomic E-state index is 12.6. The molecule has 1 aromatic rings. The van der Waals surface area contributed by atoms with Crippen LogP contribution in [0.4, 0.5) is 4.39 Å². The Balaban J connectivity index is 1.88. The van der Waals surface area contributed by atoms with Crippen LogP contribution in [0.5, 0.6) is 0 Å². The fraction of sp³-hybridized carbons (Fsp3) is 0.333. The fourth-order valence-electron chi connectivity index (χ4n) is 1.67. The molecule has 0 saturated carbocycles. The van der Waals surface area contributed by atoms with Crippen LogP contribution in [0.3, 0.4) is 0 Å². The van der Waals surface area contributed by atoms with E-state index >= 15 is 0 Å². The molecule has 0 fully saturated rings. The molecular weight excluding hydrogens is 177 g/mol. The lowest BCUT2D eigenvalue weighted by Gasteiger charge is -2.02. The van der Waals surface area contributed by atoms with Crippen LogP contribution in [-0.4, -0.2) is 13.1 Å². The molecule has 0 bridgehead atoms. The predicted molar refractivity (Wildman–Crippen MR) is 55.7 cm³/mol. The molecule has 0 radical (unpaired) electrons. The second-order valence-electron chi connectivity index (χ2n) is 3.62. The second-order valence-corrected chi connectivity index (χ2v) is 3.62. The van der Waals surface area contributed by atoms with Gasteiger partial charge in [0.1, 0.15) is 5.82 Å². The van der Waals surface area contributed by atoms with Gasteiger partial charge in [0.25, 0.3) is 0 Å². The lowest BCUT2D eigenvalue weighted by atomic mass is 10.1. The minimum atomic E-state index is -0.157. The molecule has 0 saturated heterocycles. The largest absolute Gasteiger partial charge is 0.310 e. The third-order valence-corrected chi connectivity index (χ3v) is 2.54. The lowest BCUT2D eigenvalue weighted by molar-refractivity contribution is 0.627. The Hall–Kier alpha value is -1.15. The van der Waals surface area contributed by atoms with Crippen LogP contribution in [0, 0.1) is 5.82 Å². The molecule has 14 heavy (non-hydrogen) atoms. The average molecular weight is 191 g/mol. The van der Waals surface area contributed by atoms with E-state index in [0.29, 0.717) is 0 Å². The predicted octanol–water partition coefficient (Wildman–Crippen LogP) is 2.29. The zero-order valence-electron chi connectivity index (χ0n) is 8.09. The Bertz CT molecular complexity index is 327. The zero-order valence-corrected chi connectivity index (χ0v) is 8.09. The third-order valence-electron chi connectivity index (χ3n) is 2.54. The van der Waals surface area contributed by atoms with Crippen LogP contribution in [-0.2, 0) is 6.42 Å². The molecule has 1 nitrogen and oxygen atoms in total. The van der Waals surface area contributed by atoms with E-state index in [2.05, 4.69) is 11.4 Å². The molecule has 1 aromatic carbocycles. The van der Waals surface area contributed by atoms with Crippen molar-refractivity contribution in [1.29, 1.82) is 0 Å². The summed E-state index contributed by atoms with van der Waals surface area (Å²) in [6, 6.07) is 6.77. The van der Waals surface area contributed by atoms with Crippen molar-refractivity contribution in [2.45, 2.75) is 12.8 Å². The number of hydrogen-bond donors (Lipinski definition) is 1. The van der Waals surface area contributed by atoms with E-state index in [4.69, 9.17) is 0 Å². The van der Waals surface area contributed by atoms with E-state index in [1.165, 1.54) is 23.3 Å². The number of nitrogens with one attached hydrogen (secondary N) is 1. The van der Waals surface area contributed by atoms with Gasteiger partial charge in [0.05, 0.1) is 0 Å². The summed E-state index contributed by atoms with van der Waals surface area (Å²) < 4.78 is 12.6. The molecule has 2 heteroatoms. The third kappa shape index (κ3) is 2.42. The fourth-order valence-corrected chi connectivity index (χ4v) is 1.67. The average Bonchev–Trinajstić information content (AvgIpc) is 2.70. The minimum Gasteiger partial charge on any atom is -0.310 e. The first kappa shape index (κ1) is 9.41. The molecule has 1 N–H and O–H groups in total. The maximum Gasteiger partial charge on any atom is 0.123 e. The van der Waals surface area contributed by atoms with E-state index in [1.807, 2.05) is 12.1 Å². The molecule has 0 aliphatic carbocycles. The standard InChI is InChI=1S/C12H14FN/c13-12-5-3-10(4-6-12)1-2-11-7-8-14-9-11/h3-7,14H,1-2,8-9H2. The van der Waals surface area contributed by atoms with Crippen LogP contribution < -0.4 is 5.32 Å². The Labute approximate surface area is 83.6 Å². The van der Waals surface area contributed by atoms with Crippen molar-refractivity contribution in [3.63, 3.8) is 0 Å². The number of rotatable bonds is 3. The van der Waals surface area contributed by atoms with Gasteiger partial charge in [-0.3, -0.25) is 0 Å². The first-order valence-electron chi connectivity index (χ1n) is 4.98. The minimum absolute atomic E-state index is 0.157. The maximum atomic E-state index is 12.6. The Morgan fingerprint density at radius 1 is 1.14 bits per heavy atom. The molecule has 1 heterocycles. The molecule has 1 aliphatic heterocycles. The Morgan fingerprint density at radius 2 is 1.93 bits per heavy atom. The van der Waals surface area contributed by atoms with Crippen molar-refractivity contribution >= 4 is 0 Å². The first-order chi connectivity index (χ1) is 6.84. The van der Waals surface area contributed by atoms with Crippen molar-refractivity contribution in [2.24, 2.45) is 0 Å². The number of halogens is 1. The molecule has 74 valence electrons. The summed E-state index contributed by atoms with van der Waals surface area (Å²) in [5.41, 5.74) is 2.67. The number of hydrogen-bond acceptors (Lipinski definition) is 1. The topological polar surface area (TPSA) is 12.0 Å². The first-order valence-corrected chi connectivity index (χ1v) is 4.98. The van der Waals surface area contributed by atoms with E-state index in [-0.39, 0.29) is 5.82 Å². The highest BCUT2D eigenvalue weighted by Gasteiger charge is 2.03. The van der Waals surface area contributed by atoms with E-state index < -0.39 is 0 Å². The van der Waals surface area contributed by atoms with Gasteiger partial charge in [0, 0.05) is 13.1 Å². The highest BCUT2D eigenvalue weighted by Crippen LogP contribution is 2.11. The van der Waals surface area contributed by atoms with Crippen molar-refractivity contribution < 1.29 is 4.39 Å². The van der Waals surface area contributed by atoms with Crippen LogP contribution in [0.2, 0.25) is 0 Å². The summed E-state index contributed by atoms with van der Waals surface area (Å²) >= 11 is 0. The van der Waals surface area contributed by atoms with Gasteiger partial charge in [0.2, 0.25) is 0 Å². The van der Waals surface area contributed by atoms with Crippen LogP contribution in [0.15, 0.2) is 35.9 Å². The van der Waals surface area contributed by atoms with Crippen LogP contribution in [0.25, 0.3) is 0 Å². The monoisotopic (exact) mass is 191 g/mol. The molecule has 0 atom stereocenters. The summed E-state index contributed by atoms with van der Waals surface area (Å²) in [6.07, 6.45) is 4.33. The van der Waals surface area contributed by atoms with Gasteiger partial charge in [-0.2, -0.15) is 0 Å². The summed E-state index contributed by atoms with van der Waals surface area (Å²) in [7, 11) is 0. The van der Waals surface area contributed by atoms with Crippen molar-refractivity contribution in [3.8, 4) is 0 Å². The molecule has 0 aromatic heterocycles. The van der Waals surface area contributed by atoms with Gasteiger partial charge in [-0.05, 0) is 30.5 Å². The Morgan fingerprint density at radius 3 is 2.57 bits per heavy atom. The lowest BCUT2D eigenvalue weighted by Crippen LogP contribution is -2.08. The van der Waals surface area contributed by atoms with Gasteiger partial charge in [-0.15, -0.1) is 0 Å². The van der Waals surface area contributed by atoms with Gasteiger partial charge >= 0.3 is 0 Å². The second kappa shape index (κ2) is 4.38. The van der Waals surface area contributed by atoms with Crippen molar-refractivity contribution in [3.05, 3.63) is 47.3 Å². The summed E-state index contributed by atoms with van der Waals surface area (Å²) in [4.78, 5) is 0. The molecule has 0 amide bonds. The van der Waals surface area contributed by atoms with Gasteiger partial charge < -0.3 is 5.32 Å². The highest BCUT2D eigenvalue weighted by molar-refractivity contribution is 5.19. The van der Waals surface area contributed by atoms with Crippen LogP contribution >= 0.6 is 0 Å². The highest BCUT2D eigenvalue weighted by atomic mass is 19.1. The molecule has 1 aliphatic rings. The molecule has 2 rings (SSSR count). The van der Waals surface area contributed by atoms with E-state index in [0.717, 1.165) is 25.9 Å². The van der Waals surface area contributed by atoms with Gasteiger partial charge in [-0.1, -0.05) is 23.8 Å². The normalized spacial score (nSPS) is 15.6. The summed E-state index contributed by atoms with van der Waals surface area (Å²) in [5.74, 6) is -0.157. The smallest absolute Gasteiger partial charge is 0.123 e. The number of benzene rings is 1. The van der Waals surface area contributed by atoms with E-state index in [9.17, 15) is 4.39 Å². The molecular formula is C12H14FN. The van der Waals surface area contributed by atoms with Gasteiger partial charge in [0.15, 0.2) is 0 Å². The zero-order chi connectivity index (χ0) is 9.80. The van der Waals surface area contributed by atoms with Crippen LogP contribution in [0.1, 0.15) is 12.0 Å². The quantitative estimate of drug-likeness (QED) is 0.723. The Kier molecular flexibility index (Phi) is 2.94.